The third kappa shape index (κ3) is 2.42. The zero-order valence-corrected chi connectivity index (χ0v) is 17.4. The summed E-state index contributed by atoms with van der Waals surface area (Å²) >= 11 is 1.42. The average molecular weight is 410 g/mol. The van der Waals surface area contributed by atoms with Gasteiger partial charge in [-0.2, -0.15) is 0 Å². The van der Waals surface area contributed by atoms with E-state index in [0.29, 0.717) is 35.0 Å². The van der Waals surface area contributed by atoms with E-state index in [9.17, 15) is 9.90 Å². The minimum absolute atomic E-state index is 0.0660. The van der Waals surface area contributed by atoms with Gasteiger partial charge >= 0.3 is 0 Å². The van der Waals surface area contributed by atoms with E-state index in [-0.39, 0.29) is 11.0 Å². The highest BCUT2D eigenvalue weighted by Crippen LogP contribution is 2.65. The molecule has 1 fully saturated rings. The minimum Gasteiger partial charge on any atom is -0.383 e. The summed E-state index contributed by atoms with van der Waals surface area (Å²) in [4.78, 5) is 26.7. The van der Waals surface area contributed by atoms with Crippen molar-refractivity contribution in [2.24, 2.45) is 5.41 Å². The molecular formula is C21H23N5O2S. The lowest BCUT2D eigenvalue weighted by Gasteiger charge is -2.29. The third-order valence-electron chi connectivity index (χ3n) is 6.48. The Bertz CT molecular complexity index is 1210. The quantitative estimate of drug-likeness (QED) is 0.396. The molecule has 0 saturated heterocycles. The van der Waals surface area contributed by atoms with Gasteiger partial charge in [0.25, 0.3) is 5.56 Å². The Labute approximate surface area is 172 Å². The second-order valence-electron chi connectivity index (χ2n) is 7.93. The summed E-state index contributed by atoms with van der Waals surface area (Å²) < 4.78 is 3.30. The molecular weight excluding hydrogens is 386 g/mol. The molecule has 5 rings (SSSR count). The van der Waals surface area contributed by atoms with Gasteiger partial charge in [-0.05, 0) is 43.6 Å². The SMILES string of the molecule is C=CCn1c(=O)c2cnc(SC)nc2n1-c1ccc2c(n1)C(O)(CC)C1(CC1)C2. The Balaban J connectivity index is 1.77. The molecule has 2 aliphatic carbocycles. The number of pyridine rings is 1. The first-order valence-corrected chi connectivity index (χ1v) is 11.1. The molecule has 8 heteroatoms. The van der Waals surface area contributed by atoms with Crippen LogP contribution in [0.3, 0.4) is 0 Å². The average Bonchev–Trinajstić information content (AvgIpc) is 3.42. The monoisotopic (exact) mass is 409 g/mol. The summed E-state index contributed by atoms with van der Waals surface area (Å²) in [5, 5.41) is 12.5. The molecule has 1 N–H and O–H groups in total. The molecule has 0 aromatic carbocycles. The predicted molar refractivity (Wildman–Crippen MR) is 112 cm³/mol. The summed E-state index contributed by atoms with van der Waals surface area (Å²) in [6.07, 6.45) is 8.69. The van der Waals surface area contributed by atoms with Gasteiger partial charge in [-0.3, -0.25) is 4.79 Å². The second kappa shape index (κ2) is 6.27. The van der Waals surface area contributed by atoms with Crippen molar-refractivity contribution in [2.45, 2.75) is 49.9 Å². The number of fused-ring (bicyclic) bond motifs is 2. The maximum Gasteiger partial charge on any atom is 0.278 e. The maximum absolute atomic E-state index is 13.0. The first-order valence-electron chi connectivity index (χ1n) is 9.84. The van der Waals surface area contributed by atoms with Gasteiger partial charge in [-0.1, -0.05) is 30.8 Å². The molecule has 150 valence electrons. The van der Waals surface area contributed by atoms with Crippen LogP contribution in [-0.2, 0) is 18.6 Å². The molecule has 1 atom stereocenters. The van der Waals surface area contributed by atoms with E-state index < -0.39 is 5.60 Å². The fourth-order valence-electron chi connectivity index (χ4n) is 4.77. The molecule has 0 aliphatic heterocycles. The van der Waals surface area contributed by atoms with Crippen LogP contribution >= 0.6 is 11.8 Å². The van der Waals surface area contributed by atoms with Gasteiger partial charge < -0.3 is 5.11 Å². The molecule has 7 nitrogen and oxygen atoms in total. The van der Waals surface area contributed by atoms with Crippen LogP contribution < -0.4 is 5.56 Å². The van der Waals surface area contributed by atoms with Crippen molar-refractivity contribution in [3.8, 4) is 5.82 Å². The Morgan fingerprint density at radius 1 is 1.34 bits per heavy atom. The number of allylic oxidation sites excluding steroid dienone is 1. The Morgan fingerprint density at radius 3 is 2.79 bits per heavy atom. The second-order valence-corrected chi connectivity index (χ2v) is 8.70. The van der Waals surface area contributed by atoms with Crippen molar-refractivity contribution < 1.29 is 5.11 Å². The van der Waals surface area contributed by atoms with Crippen LogP contribution in [0.1, 0.15) is 37.4 Å². The smallest absolute Gasteiger partial charge is 0.278 e. The van der Waals surface area contributed by atoms with Crippen LogP contribution in [0.2, 0.25) is 0 Å². The molecule has 3 aromatic rings. The van der Waals surface area contributed by atoms with Crippen molar-refractivity contribution in [3.05, 3.63) is 52.6 Å². The van der Waals surface area contributed by atoms with Gasteiger partial charge in [0.2, 0.25) is 0 Å². The number of aromatic nitrogens is 5. The zero-order chi connectivity index (χ0) is 20.4. The van der Waals surface area contributed by atoms with Crippen molar-refractivity contribution in [1.29, 1.82) is 0 Å². The van der Waals surface area contributed by atoms with Crippen LogP contribution in [0.25, 0.3) is 16.9 Å². The number of aliphatic hydroxyl groups is 1. The summed E-state index contributed by atoms with van der Waals surface area (Å²) in [6.45, 7) is 6.12. The molecule has 1 unspecified atom stereocenters. The van der Waals surface area contributed by atoms with Gasteiger partial charge in [-0.15, -0.1) is 6.58 Å². The largest absolute Gasteiger partial charge is 0.383 e. The molecule has 3 aromatic heterocycles. The van der Waals surface area contributed by atoms with Crippen LogP contribution in [0, 0.1) is 5.41 Å². The van der Waals surface area contributed by atoms with Gasteiger partial charge in [0.05, 0.1) is 12.2 Å². The fraction of sp³-hybridized carbons (Fsp3) is 0.429. The first kappa shape index (κ1) is 18.6. The zero-order valence-electron chi connectivity index (χ0n) is 16.6. The summed E-state index contributed by atoms with van der Waals surface area (Å²) in [6, 6.07) is 3.95. The molecule has 0 bridgehead atoms. The van der Waals surface area contributed by atoms with Crippen LogP contribution in [0.15, 0.2) is 40.9 Å². The standard InChI is InChI=1S/C21H23N5O2S/c1-4-10-25-18(27)14-12-22-19(29-3)24-17(14)26(25)15-7-6-13-11-20(8-9-20)21(28,5-2)16(13)23-15/h4,6-7,12,28H,1,5,8-11H2,2-3H3. The summed E-state index contributed by atoms with van der Waals surface area (Å²) in [5.74, 6) is 0.577. The van der Waals surface area contributed by atoms with Crippen molar-refractivity contribution >= 4 is 22.8 Å². The highest BCUT2D eigenvalue weighted by Gasteiger charge is 2.63. The molecule has 29 heavy (non-hydrogen) atoms. The lowest BCUT2D eigenvalue weighted by atomic mass is 9.84. The normalized spacial score (nSPS) is 21.6. The first-order chi connectivity index (χ1) is 14.0. The summed E-state index contributed by atoms with van der Waals surface area (Å²) in [5.41, 5.74) is 1.20. The topological polar surface area (TPSA) is 85.8 Å². The van der Waals surface area contributed by atoms with E-state index in [4.69, 9.17) is 4.98 Å². The van der Waals surface area contributed by atoms with Crippen LogP contribution in [0.5, 0.6) is 0 Å². The van der Waals surface area contributed by atoms with Crippen LogP contribution in [0.4, 0.5) is 0 Å². The predicted octanol–water partition coefficient (Wildman–Crippen LogP) is 2.82. The van der Waals surface area contributed by atoms with Crippen molar-refractivity contribution in [3.63, 3.8) is 0 Å². The Hall–Kier alpha value is -2.45. The fourth-order valence-corrected chi connectivity index (χ4v) is 5.11. The highest BCUT2D eigenvalue weighted by molar-refractivity contribution is 7.98. The minimum atomic E-state index is -0.912. The maximum atomic E-state index is 13.0. The Morgan fingerprint density at radius 2 is 2.14 bits per heavy atom. The number of nitrogens with zero attached hydrogens (tertiary/aromatic N) is 5. The lowest BCUT2D eigenvalue weighted by molar-refractivity contribution is -0.0324. The van der Waals surface area contributed by atoms with E-state index in [1.54, 1.807) is 21.6 Å². The summed E-state index contributed by atoms with van der Waals surface area (Å²) in [7, 11) is 0. The Kier molecular flexibility index (Phi) is 4.02. The van der Waals surface area contributed by atoms with Gasteiger partial charge in [0.1, 0.15) is 11.0 Å². The van der Waals surface area contributed by atoms with E-state index in [1.807, 2.05) is 25.3 Å². The number of hydrogen-bond donors (Lipinski definition) is 1. The molecule has 0 radical (unpaired) electrons. The van der Waals surface area contributed by atoms with E-state index in [1.165, 1.54) is 11.8 Å². The molecule has 1 spiro atoms. The molecule has 2 aliphatic rings. The van der Waals surface area contributed by atoms with Gasteiger partial charge in [-0.25, -0.2) is 24.3 Å². The van der Waals surface area contributed by atoms with Crippen LogP contribution in [-0.4, -0.2) is 35.7 Å². The molecule has 3 heterocycles. The lowest BCUT2D eigenvalue weighted by Crippen LogP contribution is -2.33. The molecule has 1 saturated carbocycles. The highest BCUT2D eigenvalue weighted by atomic mass is 32.2. The third-order valence-corrected chi connectivity index (χ3v) is 7.04. The van der Waals surface area contributed by atoms with Crippen molar-refractivity contribution in [2.75, 3.05) is 6.26 Å². The van der Waals surface area contributed by atoms with E-state index in [2.05, 4.69) is 16.5 Å². The van der Waals surface area contributed by atoms with E-state index >= 15 is 0 Å². The number of rotatable bonds is 5. The number of thioether (sulfide) groups is 1. The van der Waals surface area contributed by atoms with Gasteiger partial charge in [0.15, 0.2) is 16.6 Å². The van der Waals surface area contributed by atoms with Gasteiger partial charge in [0, 0.05) is 11.6 Å². The number of hydrogen-bond acceptors (Lipinski definition) is 6. The van der Waals surface area contributed by atoms with Crippen molar-refractivity contribution in [1.82, 2.24) is 24.3 Å². The molecule has 0 amide bonds. The van der Waals surface area contributed by atoms with E-state index in [0.717, 1.165) is 30.5 Å².